The monoisotopic (exact) mass is 672 g/mol. The quantitative estimate of drug-likeness (QED) is 0.0658. The molecule has 47 heavy (non-hydrogen) atoms. The standard InChI is InChI=1S/C40H81NO6/c1-6-8-10-12-14-16-18-20-22-24-26-28-32-45-36-38(37-47-39(42)41-31-35-44-34-30-40(3,4)43-5)46-33-29-27-25-23-21-19-17-15-13-11-9-7-2/h38H,6-37H2,1-5H3,(H,41,42). The molecular weight excluding hydrogens is 590 g/mol. The summed E-state index contributed by atoms with van der Waals surface area (Å²) in [5.74, 6) is 0. The van der Waals surface area contributed by atoms with Crippen molar-refractivity contribution in [1.29, 1.82) is 0 Å². The Balaban J connectivity index is 4.10. The number of rotatable bonds is 38. The molecule has 0 aromatic rings. The summed E-state index contributed by atoms with van der Waals surface area (Å²) in [6.07, 6.45) is 32.0. The van der Waals surface area contributed by atoms with Crippen LogP contribution in [0.15, 0.2) is 0 Å². The van der Waals surface area contributed by atoms with Gasteiger partial charge in [-0.25, -0.2) is 4.79 Å². The van der Waals surface area contributed by atoms with E-state index in [1.54, 1.807) is 7.11 Å². The van der Waals surface area contributed by atoms with E-state index in [-0.39, 0.29) is 18.3 Å². The zero-order chi connectivity index (χ0) is 34.5. The van der Waals surface area contributed by atoms with Crippen LogP contribution in [-0.4, -0.2) is 71.1 Å². The predicted octanol–water partition coefficient (Wildman–Crippen LogP) is 11.3. The number of hydrogen-bond acceptors (Lipinski definition) is 6. The molecular formula is C40H81NO6. The molecule has 1 amide bonds. The van der Waals surface area contributed by atoms with Gasteiger partial charge in [0, 0.05) is 33.5 Å². The lowest BCUT2D eigenvalue weighted by Gasteiger charge is -2.22. The molecule has 1 atom stereocenters. The van der Waals surface area contributed by atoms with Crippen molar-refractivity contribution in [3.63, 3.8) is 0 Å². The fourth-order valence-corrected chi connectivity index (χ4v) is 5.56. The molecule has 282 valence electrons. The van der Waals surface area contributed by atoms with E-state index in [1.165, 1.54) is 141 Å². The summed E-state index contributed by atoms with van der Waals surface area (Å²) in [5.41, 5.74) is -0.205. The van der Waals surface area contributed by atoms with Crippen LogP contribution in [0, 0.1) is 0 Å². The molecule has 7 nitrogen and oxygen atoms in total. The SMILES string of the molecule is CCCCCCCCCCCCCCOCC(COC(=O)NCCOCCC(C)(C)OC)OCCCCCCCCCCCCCC. The second kappa shape index (κ2) is 36.4. The second-order valence-corrected chi connectivity index (χ2v) is 14.2. The van der Waals surface area contributed by atoms with Crippen molar-refractivity contribution in [2.45, 2.75) is 200 Å². The Labute approximate surface area is 292 Å². The minimum Gasteiger partial charge on any atom is -0.447 e. The molecule has 0 spiro atoms. The molecule has 1 unspecified atom stereocenters. The van der Waals surface area contributed by atoms with Crippen LogP contribution in [0.5, 0.6) is 0 Å². The van der Waals surface area contributed by atoms with Crippen LogP contribution in [0.25, 0.3) is 0 Å². The number of carbonyl (C=O) groups is 1. The van der Waals surface area contributed by atoms with Gasteiger partial charge in [-0.3, -0.25) is 0 Å². The summed E-state index contributed by atoms with van der Waals surface area (Å²) >= 11 is 0. The number of carbonyl (C=O) groups excluding carboxylic acids is 1. The maximum Gasteiger partial charge on any atom is 0.407 e. The van der Waals surface area contributed by atoms with Gasteiger partial charge in [-0.05, 0) is 33.1 Å². The molecule has 7 heteroatoms. The zero-order valence-electron chi connectivity index (χ0n) is 32.2. The number of amides is 1. The highest BCUT2D eigenvalue weighted by atomic mass is 16.6. The summed E-state index contributed by atoms with van der Waals surface area (Å²) in [7, 11) is 1.71. The van der Waals surface area contributed by atoms with Crippen LogP contribution >= 0.6 is 0 Å². The normalized spacial score (nSPS) is 12.4. The summed E-state index contributed by atoms with van der Waals surface area (Å²) < 4.78 is 28.6. The molecule has 0 saturated carbocycles. The van der Waals surface area contributed by atoms with Crippen molar-refractivity contribution in [1.82, 2.24) is 5.32 Å². The van der Waals surface area contributed by atoms with E-state index in [1.807, 2.05) is 13.8 Å². The van der Waals surface area contributed by atoms with Crippen molar-refractivity contribution in [2.24, 2.45) is 0 Å². The Hall–Kier alpha value is -0.890. The van der Waals surface area contributed by atoms with E-state index in [2.05, 4.69) is 19.2 Å². The van der Waals surface area contributed by atoms with Gasteiger partial charge < -0.3 is 29.0 Å². The topological polar surface area (TPSA) is 75.3 Å². The average molecular weight is 672 g/mol. The van der Waals surface area contributed by atoms with E-state index in [0.717, 1.165) is 25.9 Å². The molecule has 0 aromatic heterocycles. The maximum atomic E-state index is 12.3. The molecule has 0 aliphatic heterocycles. The lowest BCUT2D eigenvalue weighted by molar-refractivity contribution is -0.0470. The number of methoxy groups -OCH3 is 1. The Morgan fingerprint density at radius 2 is 1.00 bits per heavy atom. The molecule has 0 aliphatic carbocycles. The Morgan fingerprint density at radius 3 is 1.47 bits per heavy atom. The number of hydrogen-bond donors (Lipinski definition) is 1. The number of ether oxygens (including phenoxy) is 5. The van der Waals surface area contributed by atoms with Crippen LogP contribution in [-0.2, 0) is 23.7 Å². The first-order valence-corrected chi connectivity index (χ1v) is 20.2. The number of nitrogens with one attached hydrogen (secondary N) is 1. The lowest BCUT2D eigenvalue weighted by atomic mass is 10.1. The van der Waals surface area contributed by atoms with Crippen LogP contribution in [0.2, 0.25) is 0 Å². The number of alkyl carbamates (subject to hydrolysis) is 1. The third kappa shape index (κ3) is 36.2. The van der Waals surface area contributed by atoms with Crippen LogP contribution < -0.4 is 5.32 Å². The van der Waals surface area contributed by atoms with Crippen molar-refractivity contribution < 1.29 is 28.5 Å². The van der Waals surface area contributed by atoms with Gasteiger partial charge in [-0.1, -0.05) is 155 Å². The van der Waals surface area contributed by atoms with Gasteiger partial charge in [0.1, 0.15) is 12.7 Å². The van der Waals surface area contributed by atoms with Gasteiger partial charge in [0.2, 0.25) is 0 Å². The average Bonchev–Trinajstić information content (AvgIpc) is 3.06. The highest BCUT2D eigenvalue weighted by Crippen LogP contribution is 2.14. The summed E-state index contributed by atoms with van der Waals surface area (Å²) in [6, 6.07) is 0. The Bertz CT molecular complexity index is 632. The lowest BCUT2D eigenvalue weighted by Crippen LogP contribution is -2.33. The van der Waals surface area contributed by atoms with Gasteiger partial charge in [0.15, 0.2) is 0 Å². The van der Waals surface area contributed by atoms with Crippen molar-refractivity contribution in [3.05, 3.63) is 0 Å². The molecule has 1 N–H and O–H groups in total. The minimum absolute atomic E-state index is 0.200. The maximum absolute atomic E-state index is 12.3. The van der Waals surface area contributed by atoms with Crippen LogP contribution in [0.3, 0.4) is 0 Å². The van der Waals surface area contributed by atoms with Gasteiger partial charge in [0.05, 0.1) is 18.8 Å². The van der Waals surface area contributed by atoms with Gasteiger partial charge in [0.25, 0.3) is 0 Å². The molecule has 0 aromatic carbocycles. The third-order valence-electron chi connectivity index (χ3n) is 9.11. The van der Waals surface area contributed by atoms with Crippen molar-refractivity contribution in [2.75, 3.05) is 53.3 Å². The van der Waals surface area contributed by atoms with Crippen molar-refractivity contribution in [3.8, 4) is 0 Å². The largest absolute Gasteiger partial charge is 0.447 e. The van der Waals surface area contributed by atoms with Crippen LogP contribution in [0.1, 0.15) is 188 Å². The van der Waals surface area contributed by atoms with Crippen molar-refractivity contribution >= 4 is 6.09 Å². The molecule has 0 aliphatic rings. The summed E-state index contributed by atoms with van der Waals surface area (Å²) in [6.45, 7) is 12.1. The molecule has 0 radical (unpaired) electrons. The van der Waals surface area contributed by atoms with Crippen LogP contribution in [0.4, 0.5) is 4.79 Å². The van der Waals surface area contributed by atoms with E-state index in [9.17, 15) is 4.79 Å². The van der Waals surface area contributed by atoms with Gasteiger partial charge >= 0.3 is 6.09 Å². The highest BCUT2D eigenvalue weighted by molar-refractivity contribution is 5.67. The molecule has 0 fully saturated rings. The first-order valence-electron chi connectivity index (χ1n) is 20.2. The van der Waals surface area contributed by atoms with E-state index in [0.29, 0.717) is 33.0 Å². The highest BCUT2D eigenvalue weighted by Gasteiger charge is 2.16. The molecule has 0 saturated heterocycles. The minimum atomic E-state index is -0.439. The predicted molar refractivity (Wildman–Crippen MR) is 199 cm³/mol. The van der Waals surface area contributed by atoms with E-state index >= 15 is 0 Å². The second-order valence-electron chi connectivity index (χ2n) is 14.2. The number of unbranched alkanes of at least 4 members (excludes halogenated alkanes) is 22. The molecule has 0 heterocycles. The molecule has 0 rings (SSSR count). The summed E-state index contributed by atoms with van der Waals surface area (Å²) in [4.78, 5) is 12.3. The smallest absolute Gasteiger partial charge is 0.407 e. The van der Waals surface area contributed by atoms with E-state index < -0.39 is 6.09 Å². The fourth-order valence-electron chi connectivity index (χ4n) is 5.56. The van der Waals surface area contributed by atoms with E-state index in [4.69, 9.17) is 23.7 Å². The van der Waals surface area contributed by atoms with Gasteiger partial charge in [-0.2, -0.15) is 0 Å². The third-order valence-corrected chi connectivity index (χ3v) is 9.11. The first kappa shape index (κ1) is 46.1. The Morgan fingerprint density at radius 1 is 0.553 bits per heavy atom. The molecule has 0 bridgehead atoms. The van der Waals surface area contributed by atoms with Gasteiger partial charge in [-0.15, -0.1) is 0 Å². The Kier molecular flexibility index (Phi) is 35.7. The fraction of sp³-hybridized carbons (Fsp3) is 0.975. The summed E-state index contributed by atoms with van der Waals surface area (Å²) in [5, 5.41) is 2.77. The first-order chi connectivity index (χ1) is 22.9. The zero-order valence-corrected chi connectivity index (χ0v) is 32.2.